The van der Waals surface area contributed by atoms with Gasteiger partial charge >= 0.3 is 0 Å². The Morgan fingerprint density at radius 1 is 0.250 bits per heavy atom. The molecule has 11 rings (SSSR count). The minimum absolute atomic E-state index is 1.24. The molecule has 0 saturated carbocycles. The Morgan fingerprint density at radius 3 is 1.60 bits per heavy atom. The first-order valence-corrected chi connectivity index (χ1v) is 18.1. The van der Waals surface area contributed by atoms with Crippen LogP contribution in [0.4, 0.5) is 0 Å². The van der Waals surface area contributed by atoms with E-state index in [4.69, 9.17) is 0 Å². The predicted molar refractivity (Wildman–Crippen MR) is 213 cm³/mol. The molecule has 0 fully saturated rings. The van der Waals surface area contributed by atoms with Gasteiger partial charge in [0, 0.05) is 40.3 Å². The van der Waals surface area contributed by atoms with Crippen molar-refractivity contribution in [3.8, 4) is 22.3 Å². The molecule has 222 valence electrons. The van der Waals surface area contributed by atoms with Gasteiger partial charge < -0.3 is 0 Å². The lowest BCUT2D eigenvalue weighted by molar-refractivity contribution is 1.61. The fourth-order valence-electron chi connectivity index (χ4n) is 8.04. The molecule has 0 unspecified atom stereocenters. The van der Waals surface area contributed by atoms with Crippen molar-refractivity contribution in [2.45, 2.75) is 0 Å². The largest absolute Gasteiger partial charge is 0.135 e. The Morgan fingerprint density at radius 2 is 0.792 bits per heavy atom. The van der Waals surface area contributed by atoms with Gasteiger partial charge in [-0.3, -0.25) is 0 Å². The molecule has 0 N–H and O–H groups in total. The number of rotatable bonds is 2. The maximum absolute atomic E-state index is 2.48. The van der Waals surface area contributed by atoms with Gasteiger partial charge in [-0.05, 0) is 108 Å². The quantitative estimate of drug-likeness (QED) is 0.165. The lowest BCUT2D eigenvalue weighted by atomic mass is 9.86. The van der Waals surface area contributed by atoms with Crippen LogP contribution in [-0.4, -0.2) is 0 Å². The number of benzene rings is 9. The van der Waals surface area contributed by atoms with Crippen LogP contribution in [-0.2, 0) is 0 Å². The van der Waals surface area contributed by atoms with E-state index in [0.717, 1.165) is 0 Å². The Kier molecular flexibility index (Phi) is 5.51. The molecule has 0 aliphatic rings. The van der Waals surface area contributed by atoms with Gasteiger partial charge in [0.15, 0.2) is 0 Å². The van der Waals surface area contributed by atoms with Crippen LogP contribution in [0.15, 0.2) is 158 Å². The SMILES string of the molecule is c1ccc(-c2cccc(-c3cc4c5ccccc5c5cc6c(cc5c4c4ccccc34)sc3cc4sc5ccccc5c4cc36)c2)cc1. The lowest BCUT2D eigenvalue weighted by Gasteiger charge is -2.17. The first-order valence-electron chi connectivity index (χ1n) is 16.4. The Bertz CT molecular complexity index is 3100. The van der Waals surface area contributed by atoms with Gasteiger partial charge in [0.1, 0.15) is 0 Å². The molecule has 0 aliphatic heterocycles. The molecule has 0 bridgehead atoms. The number of fused-ring (bicyclic) bond motifs is 14. The monoisotopic (exact) mass is 642 g/mol. The molecular formula is C46H26S2. The average Bonchev–Trinajstić information content (AvgIpc) is 3.69. The third kappa shape index (κ3) is 3.76. The Labute approximate surface area is 284 Å². The van der Waals surface area contributed by atoms with Gasteiger partial charge in [0.25, 0.3) is 0 Å². The highest BCUT2D eigenvalue weighted by atomic mass is 32.1. The molecule has 48 heavy (non-hydrogen) atoms. The minimum Gasteiger partial charge on any atom is -0.135 e. The first kappa shape index (κ1) is 26.5. The van der Waals surface area contributed by atoms with E-state index < -0.39 is 0 Å². The van der Waals surface area contributed by atoms with Crippen LogP contribution in [0.5, 0.6) is 0 Å². The van der Waals surface area contributed by atoms with E-state index in [0.29, 0.717) is 0 Å². The van der Waals surface area contributed by atoms with Crippen LogP contribution in [0.2, 0.25) is 0 Å². The van der Waals surface area contributed by atoms with Gasteiger partial charge in [-0.1, -0.05) is 115 Å². The zero-order valence-corrected chi connectivity index (χ0v) is 27.5. The summed E-state index contributed by atoms with van der Waals surface area (Å²) in [5.74, 6) is 0. The zero-order chi connectivity index (χ0) is 31.3. The van der Waals surface area contributed by atoms with Gasteiger partial charge in [0.05, 0.1) is 0 Å². The van der Waals surface area contributed by atoms with E-state index in [2.05, 4.69) is 158 Å². The Balaban J connectivity index is 1.25. The Hall–Kier alpha value is -5.54. The van der Waals surface area contributed by atoms with Crippen molar-refractivity contribution < 1.29 is 0 Å². The first-order chi connectivity index (χ1) is 23.8. The molecule has 11 aromatic rings. The van der Waals surface area contributed by atoms with E-state index >= 15 is 0 Å². The molecule has 0 radical (unpaired) electrons. The van der Waals surface area contributed by atoms with Crippen LogP contribution in [0.3, 0.4) is 0 Å². The standard InChI is InChI=1S/C46H26S2/c1-2-11-27(12-3-1)28-13-10-14-29(21-28)35-22-40-31-16-5-4-15-30(31)36-23-38-39-24-37-33-18-8-9-20-42(33)47-44(37)26-45(39)48-43(38)25-41(36)46(40)34-19-7-6-17-32(34)35/h1-26H. The van der Waals surface area contributed by atoms with E-state index in [9.17, 15) is 0 Å². The molecule has 2 heterocycles. The molecule has 9 aromatic carbocycles. The summed E-state index contributed by atoms with van der Waals surface area (Å²) in [6.07, 6.45) is 0. The predicted octanol–water partition coefficient (Wildman–Crippen LogP) is 14.4. The second-order valence-electron chi connectivity index (χ2n) is 12.8. The third-order valence-electron chi connectivity index (χ3n) is 10.2. The summed E-state index contributed by atoms with van der Waals surface area (Å²) < 4.78 is 5.43. The van der Waals surface area contributed by atoms with Crippen molar-refractivity contribution in [1.82, 2.24) is 0 Å². The van der Waals surface area contributed by atoms with Crippen molar-refractivity contribution in [2.75, 3.05) is 0 Å². The van der Waals surface area contributed by atoms with Crippen LogP contribution in [0, 0.1) is 0 Å². The van der Waals surface area contributed by atoms with Crippen molar-refractivity contribution in [1.29, 1.82) is 0 Å². The molecule has 0 amide bonds. The van der Waals surface area contributed by atoms with Crippen molar-refractivity contribution in [2.24, 2.45) is 0 Å². The summed E-state index contributed by atoms with van der Waals surface area (Å²) in [5, 5.41) is 15.9. The van der Waals surface area contributed by atoms with E-state index in [1.165, 1.54) is 106 Å². The average molecular weight is 643 g/mol. The molecule has 0 saturated heterocycles. The van der Waals surface area contributed by atoms with Crippen molar-refractivity contribution in [3.05, 3.63) is 158 Å². The second kappa shape index (κ2) is 9.98. The van der Waals surface area contributed by atoms with Crippen LogP contribution in [0.25, 0.3) is 106 Å². The molecule has 0 spiro atoms. The van der Waals surface area contributed by atoms with Crippen molar-refractivity contribution >= 4 is 106 Å². The molecule has 0 atom stereocenters. The molecule has 0 aliphatic carbocycles. The van der Waals surface area contributed by atoms with Crippen LogP contribution >= 0.6 is 22.7 Å². The van der Waals surface area contributed by atoms with Gasteiger partial charge in [-0.15, -0.1) is 22.7 Å². The fraction of sp³-hybridized carbons (Fsp3) is 0. The summed E-state index contributed by atoms with van der Waals surface area (Å²) in [7, 11) is 0. The van der Waals surface area contributed by atoms with Gasteiger partial charge in [0.2, 0.25) is 0 Å². The number of hydrogen-bond donors (Lipinski definition) is 0. The second-order valence-corrected chi connectivity index (χ2v) is 15.0. The summed E-state index contributed by atoms with van der Waals surface area (Å²) in [4.78, 5) is 0. The minimum atomic E-state index is 1.24. The summed E-state index contributed by atoms with van der Waals surface area (Å²) in [6, 6.07) is 58.8. The highest BCUT2D eigenvalue weighted by molar-refractivity contribution is 7.28. The maximum atomic E-state index is 2.48. The number of hydrogen-bond acceptors (Lipinski definition) is 2. The topological polar surface area (TPSA) is 0 Å². The van der Waals surface area contributed by atoms with Crippen LogP contribution < -0.4 is 0 Å². The normalized spacial score (nSPS) is 12.2. The lowest BCUT2D eigenvalue weighted by Crippen LogP contribution is -1.89. The smallest absolute Gasteiger partial charge is 0.0369 e. The molecule has 2 aromatic heterocycles. The summed E-state index contributed by atoms with van der Waals surface area (Å²) in [6.45, 7) is 0. The fourth-order valence-corrected chi connectivity index (χ4v) is 10.4. The van der Waals surface area contributed by atoms with E-state index in [1.54, 1.807) is 0 Å². The van der Waals surface area contributed by atoms with E-state index in [1.807, 2.05) is 22.7 Å². The molecule has 2 heteroatoms. The van der Waals surface area contributed by atoms with Gasteiger partial charge in [-0.25, -0.2) is 0 Å². The highest BCUT2D eigenvalue weighted by Gasteiger charge is 2.18. The van der Waals surface area contributed by atoms with Gasteiger partial charge in [-0.2, -0.15) is 0 Å². The highest BCUT2D eigenvalue weighted by Crippen LogP contribution is 2.47. The summed E-state index contributed by atoms with van der Waals surface area (Å²) in [5.41, 5.74) is 4.99. The number of thiophene rings is 2. The maximum Gasteiger partial charge on any atom is 0.0369 e. The van der Waals surface area contributed by atoms with Crippen LogP contribution in [0.1, 0.15) is 0 Å². The molecular weight excluding hydrogens is 617 g/mol. The van der Waals surface area contributed by atoms with E-state index in [-0.39, 0.29) is 0 Å². The van der Waals surface area contributed by atoms with Crippen molar-refractivity contribution in [3.63, 3.8) is 0 Å². The molecule has 0 nitrogen and oxygen atoms in total. The third-order valence-corrected chi connectivity index (χ3v) is 12.5. The zero-order valence-electron chi connectivity index (χ0n) is 25.8. The summed E-state index contributed by atoms with van der Waals surface area (Å²) >= 11 is 3.83.